The van der Waals surface area contributed by atoms with Gasteiger partial charge in [0.2, 0.25) is 0 Å². The Labute approximate surface area is 267 Å². The van der Waals surface area contributed by atoms with Gasteiger partial charge in [-0.15, -0.1) is 0 Å². The van der Waals surface area contributed by atoms with Crippen LogP contribution < -0.4 is 5.32 Å². The van der Waals surface area contributed by atoms with Crippen molar-refractivity contribution >= 4 is 54.9 Å². The Bertz CT molecular complexity index is 2440. The van der Waals surface area contributed by atoms with Crippen LogP contribution >= 0.6 is 0 Å². The fraction of sp³-hybridized carbons (Fsp3) is 0.0238. The van der Waals surface area contributed by atoms with Crippen molar-refractivity contribution in [2.45, 2.75) is 0 Å². The summed E-state index contributed by atoms with van der Waals surface area (Å²) in [5, 5.41) is 20.6. The Balaban J connectivity index is 1.37. The zero-order valence-corrected chi connectivity index (χ0v) is 25.3. The van der Waals surface area contributed by atoms with Crippen LogP contribution in [0.5, 0.6) is 0 Å². The van der Waals surface area contributed by atoms with Gasteiger partial charge in [-0.25, -0.2) is 4.99 Å². The molecule has 4 heteroatoms. The predicted molar refractivity (Wildman–Crippen MR) is 194 cm³/mol. The van der Waals surface area contributed by atoms with Crippen LogP contribution in [-0.4, -0.2) is 23.7 Å². The number of fused-ring (bicyclic) bond motifs is 7. The van der Waals surface area contributed by atoms with Crippen LogP contribution in [0.2, 0.25) is 0 Å². The maximum Gasteiger partial charge on any atom is 0.154 e. The summed E-state index contributed by atoms with van der Waals surface area (Å²) in [5.74, 6) is 0.836. The van der Waals surface area contributed by atoms with Gasteiger partial charge in [-0.2, -0.15) is 0 Å². The van der Waals surface area contributed by atoms with Crippen LogP contribution in [0.25, 0.3) is 65.5 Å². The van der Waals surface area contributed by atoms with E-state index in [0.717, 1.165) is 44.3 Å². The maximum absolute atomic E-state index is 8.75. The standard InChI is InChI=1S/C42H30N4/c1-44-42(46-41(43)27-11-3-2-4-12-27)31-24-29(23-30(25-31)32-17-9-19-40-38(32)18-10-22-45-40)28-20-21-37-35-15-6-5-13-33(35)34-14-7-8-16-36(34)39(37)26-28/h2-26H,1H3,(H2,43,44,46). The molecule has 0 spiro atoms. The largest absolute Gasteiger partial charge is 0.373 e. The average Bonchev–Trinajstić information content (AvgIpc) is 3.13. The highest BCUT2D eigenvalue weighted by Gasteiger charge is 2.15. The molecular formula is C42H30N4. The Morgan fingerprint density at radius 2 is 1.15 bits per heavy atom. The molecule has 0 fully saturated rings. The van der Waals surface area contributed by atoms with Crippen molar-refractivity contribution < 1.29 is 0 Å². The molecule has 0 amide bonds. The second-order valence-electron chi connectivity index (χ2n) is 11.5. The van der Waals surface area contributed by atoms with E-state index in [1.807, 2.05) is 55.7 Å². The molecule has 7 aromatic carbocycles. The molecule has 0 atom stereocenters. The highest BCUT2D eigenvalue weighted by atomic mass is 15.0. The van der Waals surface area contributed by atoms with Gasteiger partial charge in [0, 0.05) is 29.8 Å². The summed E-state index contributed by atoms with van der Waals surface area (Å²) in [4.78, 5) is 9.39. The first-order chi connectivity index (χ1) is 22.7. The molecule has 0 unspecified atom stereocenters. The van der Waals surface area contributed by atoms with Crippen LogP contribution in [0.1, 0.15) is 11.1 Å². The first-order valence-electron chi connectivity index (χ1n) is 15.4. The second-order valence-corrected chi connectivity index (χ2v) is 11.5. The van der Waals surface area contributed by atoms with E-state index in [-0.39, 0.29) is 5.84 Å². The van der Waals surface area contributed by atoms with E-state index in [0.29, 0.717) is 5.84 Å². The molecule has 0 aliphatic carbocycles. The fourth-order valence-electron chi connectivity index (χ4n) is 6.57. The molecule has 8 aromatic rings. The third-order valence-corrected chi connectivity index (χ3v) is 8.75. The maximum atomic E-state index is 8.75. The first-order valence-corrected chi connectivity index (χ1v) is 15.4. The number of aromatic nitrogens is 1. The Kier molecular flexibility index (Phi) is 6.81. The highest BCUT2D eigenvalue weighted by molar-refractivity contribution is 6.25. The topological polar surface area (TPSA) is 61.1 Å². The van der Waals surface area contributed by atoms with E-state index in [9.17, 15) is 0 Å². The molecular weight excluding hydrogens is 560 g/mol. The van der Waals surface area contributed by atoms with E-state index in [1.165, 1.54) is 32.3 Å². The van der Waals surface area contributed by atoms with E-state index < -0.39 is 0 Å². The van der Waals surface area contributed by atoms with Gasteiger partial charge in [0.1, 0.15) is 5.84 Å². The van der Waals surface area contributed by atoms with Gasteiger partial charge in [0.15, 0.2) is 5.84 Å². The summed E-state index contributed by atoms with van der Waals surface area (Å²) < 4.78 is 0. The van der Waals surface area contributed by atoms with Crippen LogP contribution in [0.15, 0.2) is 157 Å². The molecule has 0 saturated heterocycles. The molecule has 0 radical (unpaired) electrons. The molecule has 2 N–H and O–H groups in total. The van der Waals surface area contributed by atoms with E-state index in [1.54, 1.807) is 0 Å². The van der Waals surface area contributed by atoms with Crippen molar-refractivity contribution in [2.75, 3.05) is 7.05 Å². The normalized spacial score (nSPS) is 11.8. The van der Waals surface area contributed by atoms with E-state index in [4.69, 9.17) is 10.4 Å². The molecule has 46 heavy (non-hydrogen) atoms. The number of hydrogen-bond donors (Lipinski definition) is 2. The minimum atomic E-state index is 0.204. The van der Waals surface area contributed by atoms with Crippen molar-refractivity contribution in [3.05, 3.63) is 163 Å². The van der Waals surface area contributed by atoms with Gasteiger partial charge >= 0.3 is 0 Å². The van der Waals surface area contributed by atoms with Gasteiger partial charge < -0.3 is 5.32 Å². The van der Waals surface area contributed by atoms with E-state index in [2.05, 4.69) is 113 Å². The van der Waals surface area contributed by atoms with Gasteiger partial charge in [0.05, 0.1) is 5.52 Å². The number of rotatable bonds is 4. The number of nitrogens with zero attached hydrogens (tertiary/aromatic N) is 2. The first kappa shape index (κ1) is 27.4. The van der Waals surface area contributed by atoms with E-state index >= 15 is 0 Å². The lowest BCUT2D eigenvalue weighted by atomic mass is 9.90. The van der Waals surface area contributed by atoms with Gasteiger partial charge in [0.25, 0.3) is 0 Å². The summed E-state index contributed by atoms with van der Waals surface area (Å²) in [6, 6.07) is 50.7. The number of pyridine rings is 1. The Hall–Kier alpha value is -6.13. The average molecular weight is 591 g/mol. The molecule has 0 bridgehead atoms. The van der Waals surface area contributed by atoms with Crippen LogP contribution in [0.4, 0.5) is 0 Å². The zero-order valence-electron chi connectivity index (χ0n) is 25.3. The summed E-state index contributed by atoms with van der Waals surface area (Å²) >= 11 is 0. The lowest BCUT2D eigenvalue weighted by molar-refractivity contribution is 1.16. The summed E-state index contributed by atoms with van der Waals surface area (Å²) in [6.45, 7) is 0. The third-order valence-electron chi connectivity index (χ3n) is 8.75. The summed E-state index contributed by atoms with van der Waals surface area (Å²) in [5.41, 5.74) is 6.96. The van der Waals surface area contributed by atoms with Gasteiger partial charge in [-0.05, 0) is 91.0 Å². The highest BCUT2D eigenvalue weighted by Crippen LogP contribution is 2.38. The number of benzene rings is 7. The Morgan fingerprint density at radius 1 is 0.522 bits per heavy atom. The number of nitrogens with one attached hydrogen (secondary N) is 2. The molecule has 4 nitrogen and oxygen atoms in total. The predicted octanol–water partition coefficient (Wildman–Crippen LogP) is 10.0. The summed E-state index contributed by atoms with van der Waals surface area (Å²) in [6.07, 6.45) is 1.83. The molecule has 8 rings (SSSR count). The Morgan fingerprint density at radius 3 is 1.87 bits per heavy atom. The summed E-state index contributed by atoms with van der Waals surface area (Å²) in [7, 11) is 1.86. The minimum Gasteiger partial charge on any atom is -0.373 e. The number of amidine groups is 2. The van der Waals surface area contributed by atoms with Gasteiger partial charge in [-0.1, -0.05) is 109 Å². The molecule has 218 valence electrons. The SMILES string of the molecule is CN/C(=N\C(=N)c1ccccc1)c1cc(-c2ccc3c4ccccc4c4ccccc4c3c2)cc(-c2cccc3ncccc23)c1. The van der Waals surface area contributed by atoms with Crippen molar-refractivity contribution in [3.8, 4) is 22.3 Å². The smallest absolute Gasteiger partial charge is 0.154 e. The molecule has 0 aliphatic rings. The lowest BCUT2D eigenvalue weighted by Gasteiger charge is -2.15. The number of hydrogen-bond acceptors (Lipinski definition) is 2. The monoisotopic (exact) mass is 590 g/mol. The molecule has 1 aromatic heterocycles. The van der Waals surface area contributed by atoms with Gasteiger partial charge in [-0.3, -0.25) is 10.4 Å². The molecule has 0 saturated carbocycles. The third kappa shape index (κ3) is 4.77. The van der Waals surface area contributed by atoms with Crippen molar-refractivity contribution in [2.24, 2.45) is 4.99 Å². The van der Waals surface area contributed by atoms with Crippen LogP contribution in [-0.2, 0) is 0 Å². The molecule has 1 heterocycles. The second kappa shape index (κ2) is 11.4. The number of aliphatic imine (C=N–C) groups is 1. The fourth-order valence-corrected chi connectivity index (χ4v) is 6.57. The minimum absolute atomic E-state index is 0.204. The quantitative estimate of drug-likeness (QED) is 0.122. The van der Waals surface area contributed by atoms with Crippen LogP contribution in [0.3, 0.4) is 0 Å². The molecule has 0 aliphatic heterocycles. The van der Waals surface area contributed by atoms with Crippen LogP contribution in [0, 0.1) is 5.41 Å². The van der Waals surface area contributed by atoms with Crippen molar-refractivity contribution in [3.63, 3.8) is 0 Å². The van der Waals surface area contributed by atoms with Crippen molar-refractivity contribution in [1.29, 1.82) is 5.41 Å². The van der Waals surface area contributed by atoms with Crippen molar-refractivity contribution in [1.82, 2.24) is 10.3 Å². The zero-order chi connectivity index (χ0) is 31.0. The lowest BCUT2D eigenvalue weighted by Crippen LogP contribution is -2.21.